The van der Waals surface area contributed by atoms with Gasteiger partial charge in [0, 0.05) is 17.1 Å². The monoisotopic (exact) mass is 438 g/mol. The first kappa shape index (κ1) is 21.1. The molecular formula is C23H23FN4O2S. The molecule has 31 heavy (non-hydrogen) atoms. The molecule has 1 aromatic heterocycles. The number of nitrogens with one attached hydrogen (secondary N) is 1. The molecule has 160 valence electrons. The Morgan fingerprint density at radius 3 is 2.39 bits per heavy atom. The summed E-state index contributed by atoms with van der Waals surface area (Å²) < 4.78 is 17.4. The summed E-state index contributed by atoms with van der Waals surface area (Å²) in [7, 11) is 0. The van der Waals surface area contributed by atoms with Gasteiger partial charge in [0.1, 0.15) is 11.9 Å². The van der Waals surface area contributed by atoms with Crippen molar-refractivity contribution in [3.63, 3.8) is 0 Å². The first-order valence-electron chi connectivity index (χ1n) is 10.3. The van der Waals surface area contributed by atoms with Crippen molar-refractivity contribution in [1.82, 2.24) is 14.9 Å². The molecule has 2 aromatic carbocycles. The maximum atomic E-state index is 13.6. The predicted octanol–water partition coefficient (Wildman–Crippen LogP) is 4.51. The highest BCUT2D eigenvalue weighted by molar-refractivity contribution is 7.03. The third kappa shape index (κ3) is 4.96. The smallest absolute Gasteiger partial charge is 0.280 e. The van der Waals surface area contributed by atoms with E-state index < -0.39 is 17.8 Å². The van der Waals surface area contributed by atoms with E-state index in [0.717, 1.165) is 37.2 Å². The van der Waals surface area contributed by atoms with Crippen LogP contribution in [0.2, 0.25) is 0 Å². The van der Waals surface area contributed by atoms with Crippen LogP contribution in [0, 0.1) is 5.82 Å². The van der Waals surface area contributed by atoms with Gasteiger partial charge in [0.05, 0.1) is 0 Å². The van der Waals surface area contributed by atoms with Crippen molar-refractivity contribution < 1.29 is 14.0 Å². The molecule has 0 bridgehead atoms. The van der Waals surface area contributed by atoms with Gasteiger partial charge in [0.15, 0.2) is 5.69 Å². The van der Waals surface area contributed by atoms with Gasteiger partial charge in [0.25, 0.3) is 5.91 Å². The average Bonchev–Trinajstić information content (AvgIpc) is 3.34. The molecule has 4 rings (SSSR count). The highest BCUT2D eigenvalue weighted by Gasteiger charge is 2.35. The lowest BCUT2D eigenvalue weighted by Gasteiger charge is -2.33. The van der Waals surface area contributed by atoms with E-state index in [-0.39, 0.29) is 17.6 Å². The van der Waals surface area contributed by atoms with E-state index in [9.17, 15) is 14.0 Å². The fourth-order valence-corrected chi connectivity index (χ4v) is 4.38. The number of rotatable bonds is 6. The fourth-order valence-electron chi connectivity index (χ4n) is 3.95. The standard InChI is InChI=1S/C23H23FN4O2S/c24-17-11-13-19(14-12-17)28(23(30)20-15-31-27-26-20)21(16-7-3-1-4-8-16)22(29)25-18-9-5-2-6-10-18/h1,3-4,7-8,11-15,18,21H,2,5-6,9-10H2,(H,25,29). The zero-order valence-electron chi connectivity index (χ0n) is 16.9. The molecule has 1 saturated carbocycles. The Labute approximate surface area is 184 Å². The van der Waals surface area contributed by atoms with Crippen LogP contribution in [0.4, 0.5) is 10.1 Å². The Hall–Kier alpha value is -3.13. The first-order valence-corrected chi connectivity index (χ1v) is 11.2. The molecule has 1 aliphatic carbocycles. The number of nitrogens with zero attached hydrogens (tertiary/aromatic N) is 3. The van der Waals surface area contributed by atoms with Crippen LogP contribution in [-0.2, 0) is 4.79 Å². The average molecular weight is 439 g/mol. The Morgan fingerprint density at radius 2 is 1.74 bits per heavy atom. The van der Waals surface area contributed by atoms with E-state index in [4.69, 9.17) is 0 Å². The number of aromatic nitrogens is 2. The van der Waals surface area contributed by atoms with Crippen LogP contribution < -0.4 is 10.2 Å². The fraction of sp³-hybridized carbons (Fsp3) is 0.304. The molecule has 1 unspecified atom stereocenters. The van der Waals surface area contributed by atoms with Gasteiger partial charge in [-0.15, -0.1) is 5.10 Å². The van der Waals surface area contributed by atoms with E-state index in [2.05, 4.69) is 14.9 Å². The second-order valence-corrected chi connectivity index (χ2v) is 8.21. The van der Waals surface area contributed by atoms with Crippen LogP contribution in [0.5, 0.6) is 0 Å². The number of hydrogen-bond donors (Lipinski definition) is 1. The van der Waals surface area contributed by atoms with Crippen molar-refractivity contribution in [1.29, 1.82) is 0 Å². The first-order chi connectivity index (χ1) is 15.1. The summed E-state index contributed by atoms with van der Waals surface area (Å²) >= 11 is 1.06. The van der Waals surface area contributed by atoms with E-state index in [1.807, 2.05) is 30.3 Å². The molecule has 1 aliphatic rings. The maximum Gasteiger partial charge on any atom is 0.280 e. The number of anilines is 1. The summed E-state index contributed by atoms with van der Waals surface area (Å²) in [5.41, 5.74) is 1.21. The lowest BCUT2D eigenvalue weighted by atomic mass is 9.94. The van der Waals surface area contributed by atoms with Crippen molar-refractivity contribution in [3.8, 4) is 0 Å². The zero-order valence-corrected chi connectivity index (χ0v) is 17.7. The van der Waals surface area contributed by atoms with Crippen molar-refractivity contribution in [2.75, 3.05) is 4.90 Å². The number of carbonyl (C=O) groups is 2. The van der Waals surface area contributed by atoms with Gasteiger partial charge < -0.3 is 5.32 Å². The van der Waals surface area contributed by atoms with Gasteiger partial charge >= 0.3 is 0 Å². The summed E-state index contributed by atoms with van der Waals surface area (Å²) in [6.45, 7) is 0. The van der Waals surface area contributed by atoms with Crippen molar-refractivity contribution >= 4 is 29.0 Å². The van der Waals surface area contributed by atoms with Gasteiger partial charge in [0.2, 0.25) is 5.91 Å². The van der Waals surface area contributed by atoms with Crippen LogP contribution in [0.15, 0.2) is 60.0 Å². The largest absolute Gasteiger partial charge is 0.351 e. The topological polar surface area (TPSA) is 75.2 Å². The molecule has 1 atom stereocenters. The normalized spacial score (nSPS) is 15.3. The van der Waals surface area contributed by atoms with E-state index in [0.29, 0.717) is 11.3 Å². The molecule has 0 radical (unpaired) electrons. The molecule has 1 heterocycles. The number of amides is 2. The summed E-state index contributed by atoms with van der Waals surface area (Å²) in [6.07, 6.45) is 5.17. The summed E-state index contributed by atoms with van der Waals surface area (Å²) in [5.74, 6) is -1.15. The Kier molecular flexibility index (Phi) is 6.66. The number of carbonyl (C=O) groups excluding carboxylic acids is 2. The number of benzene rings is 2. The SMILES string of the molecule is O=C(NC1CCCCC1)C(c1ccccc1)N(C(=O)c1csnn1)c1ccc(F)cc1. The van der Waals surface area contributed by atoms with E-state index >= 15 is 0 Å². The molecule has 0 spiro atoms. The molecule has 6 nitrogen and oxygen atoms in total. The Bertz CT molecular complexity index is 1010. The second kappa shape index (κ2) is 9.78. The van der Waals surface area contributed by atoms with Gasteiger partial charge in [-0.25, -0.2) is 4.39 Å². The highest BCUT2D eigenvalue weighted by Crippen LogP contribution is 2.30. The molecule has 1 fully saturated rings. The minimum atomic E-state index is -0.928. The van der Waals surface area contributed by atoms with Crippen molar-refractivity contribution in [2.24, 2.45) is 0 Å². The van der Waals surface area contributed by atoms with Gasteiger partial charge in [-0.1, -0.05) is 54.1 Å². The summed E-state index contributed by atoms with van der Waals surface area (Å²) in [5, 5.41) is 8.58. The minimum Gasteiger partial charge on any atom is -0.351 e. The van der Waals surface area contributed by atoms with Crippen LogP contribution >= 0.6 is 11.5 Å². The van der Waals surface area contributed by atoms with Crippen LogP contribution in [0.25, 0.3) is 0 Å². The van der Waals surface area contributed by atoms with Crippen molar-refractivity contribution in [2.45, 2.75) is 44.2 Å². The quantitative estimate of drug-likeness (QED) is 0.614. The number of hydrogen-bond acceptors (Lipinski definition) is 5. The molecule has 2 amide bonds. The van der Waals surface area contributed by atoms with Crippen LogP contribution in [-0.4, -0.2) is 27.4 Å². The van der Waals surface area contributed by atoms with E-state index in [1.54, 1.807) is 5.38 Å². The van der Waals surface area contributed by atoms with Crippen LogP contribution in [0.3, 0.4) is 0 Å². The van der Waals surface area contributed by atoms with Gasteiger partial charge in [-0.2, -0.15) is 0 Å². The predicted molar refractivity (Wildman–Crippen MR) is 117 cm³/mol. The van der Waals surface area contributed by atoms with Gasteiger partial charge in [-0.3, -0.25) is 14.5 Å². The highest BCUT2D eigenvalue weighted by atomic mass is 32.1. The molecule has 3 aromatic rings. The molecular weight excluding hydrogens is 415 g/mol. The Morgan fingerprint density at radius 1 is 1.03 bits per heavy atom. The Balaban J connectivity index is 1.76. The van der Waals surface area contributed by atoms with Crippen LogP contribution in [0.1, 0.15) is 54.2 Å². The second-order valence-electron chi connectivity index (χ2n) is 7.60. The third-order valence-electron chi connectivity index (χ3n) is 5.48. The summed E-state index contributed by atoms with van der Waals surface area (Å²) in [4.78, 5) is 28.4. The van der Waals surface area contributed by atoms with Gasteiger partial charge in [-0.05, 0) is 54.2 Å². The lowest BCUT2D eigenvalue weighted by Crippen LogP contribution is -2.47. The molecule has 8 heteroatoms. The third-order valence-corrected chi connectivity index (χ3v) is 5.98. The zero-order chi connectivity index (χ0) is 21.6. The number of halogens is 1. The van der Waals surface area contributed by atoms with E-state index in [1.165, 1.54) is 35.6 Å². The molecule has 1 N–H and O–H groups in total. The maximum absolute atomic E-state index is 13.6. The molecule has 0 aliphatic heterocycles. The minimum absolute atomic E-state index is 0.0820. The van der Waals surface area contributed by atoms with Crippen molar-refractivity contribution in [3.05, 3.63) is 77.1 Å². The summed E-state index contributed by atoms with van der Waals surface area (Å²) in [6, 6.07) is 13.8. The lowest BCUT2D eigenvalue weighted by molar-refractivity contribution is -0.123. The molecule has 0 saturated heterocycles.